The van der Waals surface area contributed by atoms with Crippen LogP contribution in [-0.4, -0.2) is 4.98 Å². The normalized spacial score (nSPS) is 10.8. The number of halogens is 1. The summed E-state index contributed by atoms with van der Waals surface area (Å²) in [5, 5.41) is 1.11. The Morgan fingerprint density at radius 2 is 2.00 bits per heavy atom. The average molecular weight is 343 g/mol. The number of benzene rings is 2. The van der Waals surface area contributed by atoms with Crippen molar-refractivity contribution < 1.29 is 4.74 Å². The van der Waals surface area contributed by atoms with Crippen molar-refractivity contribution in [1.82, 2.24) is 4.98 Å². The molecule has 0 atom stereocenters. The number of pyridine rings is 1. The topological polar surface area (TPSA) is 48.1 Å². The molecule has 2 N–H and O–H groups in total. The quantitative estimate of drug-likeness (QED) is 0.714. The third kappa shape index (κ3) is 2.85. The predicted molar refractivity (Wildman–Crippen MR) is 89.4 cm³/mol. The molecule has 0 aliphatic rings. The number of nitrogens with two attached hydrogens (primary N) is 1. The Labute approximate surface area is 131 Å². The lowest BCUT2D eigenvalue weighted by molar-refractivity contribution is 0.307. The number of fused-ring (bicyclic) bond motifs is 1. The van der Waals surface area contributed by atoms with Crippen molar-refractivity contribution in [3.63, 3.8) is 0 Å². The van der Waals surface area contributed by atoms with Crippen molar-refractivity contribution >= 4 is 32.5 Å². The van der Waals surface area contributed by atoms with Gasteiger partial charge in [0.1, 0.15) is 12.4 Å². The molecule has 3 nitrogen and oxygen atoms in total. The van der Waals surface area contributed by atoms with Crippen molar-refractivity contribution in [3.05, 3.63) is 64.3 Å². The lowest BCUT2D eigenvalue weighted by atomic mass is 10.1. The van der Waals surface area contributed by atoms with Gasteiger partial charge >= 0.3 is 0 Å². The number of hydrogen-bond donors (Lipinski definition) is 1. The largest absolute Gasteiger partial charge is 0.486 e. The second-order valence-corrected chi connectivity index (χ2v) is 5.84. The fourth-order valence-electron chi connectivity index (χ4n) is 2.39. The minimum absolute atomic E-state index is 0.445. The van der Waals surface area contributed by atoms with Gasteiger partial charge in [-0.05, 0) is 30.7 Å². The molecule has 0 amide bonds. The Morgan fingerprint density at radius 3 is 2.81 bits per heavy atom. The summed E-state index contributed by atoms with van der Waals surface area (Å²) in [5.41, 5.74) is 9.69. The van der Waals surface area contributed by atoms with Crippen LogP contribution in [0.1, 0.15) is 11.1 Å². The minimum atomic E-state index is 0.445. The number of hydrogen-bond acceptors (Lipinski definition) is 3. The highest BCUT2D eigenvalue weighted by Gasteiger charge is 2.08. The zero-order valence-corrected chi connectivity index (χ0v) is 13.2. The van der Waals surface area contributed by atoms with E-state index in [1.54, 1.807) is 6.20 Å². The van der Waals surface area contributed by atoms with Crippen LogP contribution in [0.25, 0.3) is 10.9 Å². The molecule has 0 spiro atoms. The molecule has 4 heteroatoms. The highest BCUT2D eigenvalue weighted by atomic mass is 79.9. The molecule has 2 aromatic carbocycles. The van der Waals surface area contributed by atoms with Crippen LogP contribution in [0.4, 0.5) is 5.69 Å². The second-order valence-electron chi connectivity index (χ2n) is 4.92. The first-order valence-electron chi connectivity index (χ1n) is 6.66. The molecule has 0 saturated carbocycles. The van der Waals surface area contributed by atoms with E-state index < -0.39 is 0 Å². The molecule has 1 heterocycles. The average Bonchev–Trinajstić information content (AvgIpc) is 2.46. The summed E-state index contributed by atoms with van der Waals surface area (Å²) >= 11 is 3.43. The summed E-state index contributed by atoms with van der Waals surface area (Å²) in [6.45, 7) is 2.43. The van der Waals surface area contributed by atoms with Gasteiger partial charge in [-0.3, -0.25) is 4.98 Å². The van der Waals surface area contributed by atoms with E-state index in [9.17, 15) is 0 Å². The fourth-order valence-corrected chi connectivity index (χ4v) is 2.98. The van der Waals surface area contributed by atoms with Crippen molar-refractivity contribution in [2.75, 3.05) is 5.73 Å². The Balaban J connectivity index is 1.91. The first-order chi connectivity index (χ1) is 10.1. The highest BCUT2D eigenvalue weighted by Crippen LogP contribution is 2.31. The number of nitrogen functional groups attached to an aromatic ring is 1. The summed E-state index contributed by atoms with van der Waals surface area (Å²) in [4.78, 5) is 4.43. The maximum Gasteiger partial charge on any atom is 0.145 e. The van der Waals surface area contributed by atoms with E-state index in [0.717, 1.165) is 32.3 Å². The van der Waals surface area contributed by atoms with E-state index in [-0.39, 0.29) is 0 Å². The molecular formula is C17H15BrN2O. The number of nitrogens with zero attached hydrogens (tertiary/aromatic N) is 1. The van der Waals surface area contributed by atoms with Crippen LogP contribution in [0, 0.1) is 6.92 Å². The number of rotatable bonds is 3. The Bertz CT molecular complexity index is 773. The number of para-hydroxylation sites is 1. The zero-order valence-electron chi connectivity index (χ0n) is 11.6. The van der Waals surface area contributed by atoms with Gasteiger partial charge in [-0.2, -0.15) is 0 Å². The third-order valence-corrected chi connectivity index (χ3v) is 3.81. The van der Waals surface area contributed by atoms with Crippen molar-refractivity contribution in [2.45, 2.75) is 13.5 Å². The van der Waals surface area contributed by atoms with Gasteiger partial charge in [0, 0.05) is 21.6 Å². The Morgan fingerprint density at radius 1 is 1.19 bits per heavy atom. The van der Waals surface area contributed by atoms with Crippen LogP contribution in [0.15, 0.2) is 53.1 Å². The van der Waals surface area contributed by atoms with Crippen LogP contribution in [0.5, 0.6) is 5.75 Å². The summed E-state index contributed by atoms with van der Waals surface area (Å²) in [7, 11) is 0. The molecule has 0 bridgehead atoms. The van der Waals surface area contributed by atoms with Crippen LogP contribution in [0.3, 0.4) is 0 Å². The molecule has 3 aromatic rings. The van der Waals surface area contributed by atoms with Gasteiger partial charge < -0.3 is 10.5 Å². The molecule has 106 valence electrons. The monoisotopic (exact) mass is 342 g/mol. The predicted octanol–water partition coefficient (Wildman–Crippen LogP) is 4.47. The first kappa shape index (κ1) is 13.9. The third-order valence-electron chi connectivity index (χ3n) is 3.36. The van der Waals surface area contributed by atoms with Gasteiger partial charge in [0.25, 0.3) is 0 Å². The van der Waals surface area contributed by atoms with Crippen molar-refractivity contribution in [3.8, 4) is 5.75 Å². The zero-order chi connectivity index (χ0) is 14.8. The van der Waals surface area contributed by atoms with Gasteiger partial charge in [0.05, 0.1) is 11.2 Å². The van der Waals surface area contributed by atoms with E-state index in [4.69, 9.17) is 10.5 Å². The van der Waals surface area contributed by atoms with E-state index in [2.05, 4.69) is 20.9 Å². The SMILES string of the molecule is Cc1cc(Br)cc(N)c1OCc1cccc2cccnc12. The lowest BCUT2D eigenvalue weighted by Gasteiger charge is -2.13. The summed E-state index contributed by atoms with van der Waals surface area (Å²) < 4.78 is 6.89. The maximum absolute atomic E-state index is 6.03. The minimum Gasteiger partial charge on any atom is -0.486 e. The number of anilines is 1. The smallest absolute Gasteiger partial charge is 0.145 e. The van der Waals surface area contributed by atoms with Gasteiger partial charge in [0.15, 0.2) is 0 Å². The van der Waals surface area contributed by atoms with E-state index in [1.165, 1.54) is 0 Å². The van der Waals surface area contributed by atoms with Crippen molar-refractivity contribution in [2.24, 2.45) is 0 Å². The molecule has 0 unspecified atom stereocenters. The van der Waals surface area contributed by atoms with Crippen LogP contribution in [0.2, 0.25) is 0 Å². The first-order valence-corrected chi connectivity index (χ1v) is 7.45. The van der Waals surface area contributed by atoms with Gasteiger partial charge in [0.2, 0.25) is 0 Å². The molecule has 0 aliphatic heterocycles. The number of aryl methyl sites for hydroxylation is 1. The van der Waals surface area contributed by atoms with E-state index in [0.29, 0.717) is 12.3 Å². The van der Waals surface area contributed by atoms with Gasteiger partial charge in [-0.25, -0.2) is 0 Å². The molecule has 0 fully saturated rings. The molecule has 0 radical (unpaired) electrons. The molecule has 1 aromatic heterocycles. The number of aromatic nitrogens is 1. The summed E-state index contributed by atoms with van der Waals surface area (Å²) in [6, 6.07) is 13.9. The Hall–Kier alpha value is -2.07. The Kier molecular flexibility index (Phi) is 3.80. The molecule has 3 rings (SSSR count). The molecule has 21 heavy (non-hydrogen) atoms. The highest BCUT2D eigenvalue weighted by molar-refractivity contribution is 9.10. The molecular weight excluding hydrogens is 328 g/mol. The lowest BCUT2D eigenvalue weighted by Crippen LogP contribution is -2.02. The summed E-state index contributed by atoms with van der Waals surface area (Å²) in [5.74, 6) is 0.728. The number of ether oxygens (including phenoxy) is 1. The molecule has 0 saturated heterocycles. The van der Waals surface area contributed by atoms with Crippen LogP contribution >= 0.6 is 15.9 Å². The standard InChI is InChI=1S/C17H15BrN2O/c1-11-8-14(18)9-15(19)17(11)21-10-13-5-2-4-12-6-3-7-20-16(12)13/h2-9H,10,19H2,1H3. The van der Waals surface area contributed by atoms with Crippen LogP contribution in [-0.2, 0) is 6.61 Å². The second kappa shape index (κ2) is 5.74. The maximum atomic E-state index is 6.03. The van der Waals surface area contributed by atoms with Gasteiger partial charge in [-0.1, -0.05) is 40.2 Å². The summed E-state index contributed by atoms with van der Waals surface area (Å²) in [6.07, 6.45) is 1.80. The van der Waals surface area contributed by atoms with E-state index in [1.807, 2.05) is 49.4 Å². The fraction of sp³-hybridized carbons (Fsp3) is 0.118. The molecule has 0 aliphatic carbocycles. The van der Waals surface area contributed by atoms with Gasteiger partial charge in [-0.15, -0.1) is 0 Å². The van der Waals surface area contributed by atoms with E-state index >= 15 is 0 Å². The van der Waals surface area contributed by atoms with Crippen molar-refractivity contribution in [1.29, 1.82) is 0 Å². The van der Waals surface area contributed by atoms with Crippen LogP contribution < -0.4 is 10.5 Å².